The van der Waals surface area contributed by atoms with E-state index >= 15 is 0 Å². The molecule has 3 heterocycles. The van der Waals surface area contributed by atoms with Gasteiger partial charge < -0.3 is 5.11 Å². The fourth-order valence-electron chi connectivity index (χ4n) is 4.51. The average molecular weight is 675 g/mol. The van der Waals surface area contributed by atoms with E-state index in [9.17, 15) is 41.4 Å². The molecular weight excluding hydrogens is 654 g/mol. The van der Waals surface area contributed by atoms with Crippen LogP contribution in [-0.4, -0.2) is 76.8 Å². The SMILES string of the molecule is O=C(NC(=O)[C@@H]1CC(F)(F)CN1)c1cccc(Cl)c1-n1cnc(Cn2nc(-c3ccc(Cl)cc3)n(C[C@@H](O)C(F)(F)F)c2=O)n1. The van der Waals surface area contributed by atoms with Crippen LogP contribution in [0.15, 0.2) is 53.6 Å². The standard InChI is InChI=1S/C26H21Cl2F5N8O4/c27-14-6-4-13(5-7-14)21-38-40(24(45)39(21)9-18(42)26(31,32)33)10-19-35-12-41(37-19)20-15(2-1-3-16(20)28)22(43)36-23(44)17-8-25(29,30)11-34-17/h1-7,12,17-18,34,42H,8-11H2,(H,36,43,44)/t17-,18+/m0/s1. The van der Waals surface area contributed by atoms with Crippen molar-refractivity contribution >= 4 is 35.0 Å². The number of nitrogens with one attached hydrogen (secondary N) is 2. The predicted molar refractivity (Wildman–Crippen MR) is 148 cm³/mol. The molecule has 0 unspecified atom stereocenters. The zero-order chi connectivity index (χ0) is 32.7. The maximum Gasteiger partial charge on any atom is 0.416 e. The third-order valence-corrected chi connectivity index (χ3v) is 7.27. The number of aliphatic hydroxyl groups excluding tert-OH is 1. The number of halogens is 7. The monoisotopic (exact) mass is 674 g/mol. The Bertz CT molecular complexity index is 1810. The van der Waals surface area contributed by atoms with E-state index in [1.165, 1.54) is 42.5 Å². The Hall–Kier alpha value is -4.19. The van der Waals surface area contributed by atoms with Crippen molar-refractivity contribution in [3.8, 4) is 17.1 Å². The summed E-state index contributed by atoms with van der Waals surface area (Å²) in [5.74, 6) is -5.31. The third-order valence-electron chi connectivity index (χ3n) is 6.71. The number of imide groups is 1. The zero-order valence-corrected chi connectivity index (χ0v) is 24.1. The number of aromatic nitrogens is 6. The molecule has 4 aromatic rings. The van der Waals surface area contributed by atoms with E-state index in [0.717, 1.165) is 15.7 Å². The fraction of sp³-hybridized carbons (Fsp3) is 0.308. The van der Waals surface area contributed by atoms with Crippen molar-refractivity contribution in [2.45, 2.75) is 43.8 Å². The molecule has 45 heavy (non-hydrogen) atoms. The topological polar surface area (TPSA) is 149 Å². The van der Waals surface area contributed by atoms with Crippen molar-refractivity contribution in [1.82, 2.24) is 39.7 Å². The summed E-state index contributed by atoms with van der Waals surface area (Å²) < 4.78 is 69.0. The van der Waals surface area contributed by atoms with E-state index < -0.39 is 67.8 Å². The Morgan fingerprint density at radius 2 is 1.84 bits per heavy atom. The van der Waals surface area contributed by atoms with Crippen LogP contribution in [0.25, 0.3) is 17.1 Å². The molecule has 12 nitrogen and oxygen atoms in total. The Morgan fingerprint density at radius 3 is 2.49 bits per heavy atom. The Morgan fingerprint density at radius 1 is 1.13 bits per heavy atom. The molecular formula is C26H21Cl2F5N8O4. The van der Waals surface area contributed by atoms with Crippen LogP contribution in [0.5, 0.6) is 0 Å². The van der Waals surface area contributed by atoms with Crippen molar-refractivity contribution in [2.75, 3.05) is 6.54 Å². The van der Waals surface area contributed by atoms with E-state index in [1.807, 2.05) is 0 Å². The van der Waals surface area contributed by atoms with Gasteiger partial charge in [0.25, 0.3) is 11.8 Å². The van der Waals surface area contributed by atoms with Crippen LogP contribution >= 0.6 is 23.2 Å². The van der Waals surface area contributed by atoms with Gasteiger partial charge in [0.2, 0.25) is 5.91 Å². The van der Waals surface area contributed by atoms with Gasteiger partial charge in [0.05, 0.1) is 35.4 Å². The van der Waals surface area contributed by atoms with Gasteiger partial charge in [-0.2, -0.15) is 13.2 Å². The van der Waals surface area contributed by atoms with Crippen LogP contribution in [0.2, 0.25) is 10.0 Å². The lowest BCUT2D eigenvalue weighted by Gasteiger charge is -2.15. The lowest BCUT2D eigenvalue weighted by molar-refractivity contribution is -0.207. The molecule has 2 atom stereocenters. The van der Waals surface area contributed by atoms with Gasteiger partial charge in [0, 0.05) is 17.0 Å². The van der Waals surface area contributed by atoms with Crippen LogP contribution in [0.1, 0.15) is 22.6 Å². The second kappa shape index (κ2) is 12.3. The van der Waals surface area contributed by atoms with Crippen molar-refractivity contribution < 1.29 is 36.6 Å². The van der Waals surface area contributed by atoms with Crippen LogP contribution < -0.4 is 16.3 Å². The maximum absolute atomic E-state index is 13.5. The summed E-state index contributed by atoms with van der Waals surface area (Å²) in [6.07, 6.45) is -7.54. The number of carbonyl (C=O) groups is 2. The first-order chi connectivity index (χ1) is 21.1. The number of para-hydroxylation sites is 1. The number of amides is 2. The minimum absolute atomic E-state index is 0.00955. The highest BCUT2D eigenvalue weighted by molar-refractivity contribution is 6.33. The number of nitrogens with zero attached hydrogens (tertiary/aromatic N) is 6. The van der Waals surface area contributed by atoms with Gasteiger partial charge in [-0.25, -0.2) is 27.9 Å². The predicted octanol–water partition coefficient (Wildman–Crippen LogP) is 2.82. The van der Waals surface area contributed by atoms with Crippen molar-refractivity contribution in [3.05, 3.63) is 80.7 Å². The summed E-state index contributed by atoms with van der Waals surface area (Å²) in [4.78, 5) is 42.7. The van der Waals surface area contributed by atoms with E-state index in [1.54, 1.807) is 0 Å². The van der Waals surface area contributed by atoms with Gasteiger partial charge in [0.1, 0.15) is 12.9 Å². The summed E-state index contributed by atoms with van der Waals surface area (Å²) in [6, 6.07) is 8.58. The second-order valence-electron chi connectivity index (χ2n) is 9.99. The summed E-state index contributed by atoms with van der Waals surface area (Å²) in [5.41, 5.74) is -0.978. The van der Waals surface area contributed by atoms with Gasteiger partial charge in [0.15, 0.2) is 17.8 Å². The van der Waals surface area contributed by atoms with Crippen LogP contribution in [0.4, 0.5) is 22.0 Å². The third kappa shape index (κ3) is 7.06. The lowest BCUT2D eigenvalue weighted by atomic mass is 10.1. The molecule has 2 amide bonds. The molecule has 1 aliphatic rings. The number of aliphatic hydroxyl groups is 1. The molecule has 1 fully saturated rings. The molecule has 0 saturated carbocycles. The highest BCUT2D eigenvalue weighted by Gasteiger charge is 2.43. The van der Waals surface area contributed by atoms with E-state index in [0.29, 0.717) is 9.59 Å². The van der Waals surface area contributed by atoms with Gasteiger partial charge in [-0.15, -0.1) is 10.2 Å². The Labute approximate surface area is 259 Å². The minimum Gasteiger partial charge on any atom is -0.382 e. The summed E-state index contributed by atoms with van der Waals surface area (Å²) >= 11 is 12.2. The second-order valence-corrected chi connectivity index (χ2v) is 10.8. The van der Waals surface area contributed by atoms with Gasteiger partial charge in [-0.1, -0.05) is 29.3 Å². The quantitative estimate of drug-likeness (QED) is 0.191. The van der Waals surface area contributed by atoms with Gasteiger partial charge >= 0.3 is 11.9 Å². The lowest BCUT2D eigenvalue weighted by Crippen LogP contribution is -2.43. The molecule has 0 radical (unpaired) electrons. The smallest absolute Gasteiger partial charge is 0.382 e. The molecule has 1 saturated heterocycles. The molecule has 0 bridgehead atoms. The molecule has 0 spiro atoms. The number of alkyl halides is 5. The molecule has 238 valence electrons. The first-order valence-electron chi connectivity index (χ1n) is 13.0. The first-order valence-corrected chi connectivity index (χ1v) is 13.7. The number of carbonyl (C=O) groups excluding carboxylic acids is 2. The van der Waals surface area contributed by atoms with Crippen LogP contribution in [-0.2, 0) is 17.9 Å². The molecule has 3 N–H and O–H groups in total. The summed E-state index contributed by atoms with van der Waals surface area (Å²) in [6.45, 7) is -2.31. The number of hydrogen-bond donors (Lipinski definition) is 3. The Kier molecular flexibility index (Phi) is 8.81. The average Bonchev–Trinajstić information content (AvgIpc) is 3.66. The van der Waals surface area contributed by atoms with Crippen LogP contribution in [0.3, 0.4) is 0 Å². The number of hydrogen-bond acceptors (Lipinski definition) is 8. The highest BCUT2D eigenvalue weighted by Crippen LogP contribution is 2.27. The Balaban J connectivity index is 1.42. The van der Waals surface area contributed by atoms with Crippen molar-refractivity contribution in [1.29, 1.82) is 0 Å². The fourth-order valence-corrected chi connectivity index (χ4v) is 4.89. The van der Waals surface area contributed by atoms with Crippen LogP contribution in [0, 0.1) is 0 Å². The minimum atomic E-state index is -5.01. The molecule has 2 aromatic heterocycles. The van der Waals surface area contributed by atoms with Gasteiger partial charge in [-0.3, -0.25) is 24.8 Å². The number of benzene rings is 2. The van der Waals surface area contributed by atoms with E-state index in [2.05, 4.69) is 25.8 Å². The van der Waals surface area contributed by atoms with Crippen molar-refractivity contribution in [2.24, 2.45) is 0 Å². The maximum atomic E-state index is 13.5. The van der Waals surface area contributed by atoms with E-state index in [4.69, 9.17) is 23.2 Å². The molecule has 0 aliphatic carbocycles. The normalized spacial score (nSPS) is 16.9. The summed E-state index contributed by atoms with van der Waals surface area (Å²) in [7, 11) is 0. The largest absolute Gasteiger partial charge is 0.416 e. The molecule has 5 rings (SSSR count). The zero-order valence-electron chi connectivity index (χ0n) is 22.6. The van der Waals surface area contributed by atoms with Crippen molar-refractivity contribution in [3.63, 3.8) is 0 Å². The molecule has 2 aromatic carbocycles. The first kappa shape index (κ1) is 32.2. The molecule has 19 heteroatoms. The highest BCUT2D eigenvalue weighted by atomic mass is 35.5. The van der Waals surface area contributed by atoms with Gasteiger partial charge in [-0.05, 0) is 36.4 Å². The summed E-state index contributed by atoms with van der Waals surface area (Å²) in [5, 5.41) is 22.7. The van der Waals surface area contributed by atoms with E-state index in [-0.39, 0.29) is 33.5 Å². The number of rotatable bonds is 8. The molecule has 1 aliphatic heterocycles.